The number of halogens is 2. The van der Waals surface area contributed by atoms with Gasteiger partial charge in [-0.05, 0) is 46.3 Å². The number of nitrogens with two attached hydrogens (primary N) is 1. The number of thiocarbonyl (C=S) groups is 1. The molecule has 0 saturated carbocycles. The fourth-order valence-electron chi connectivity index (χ4n) is 1.59. The zero-order chi connectivity index (χ0) is 15.6. The zero-order valence-electron chi connectivity index (χ0n) is 10.5. The average molecular weight is 389 g/mol. The number of nitrogens with one attached hydrogen (secondary N) is 1. The van der Waals surface area contributed by atoms with Crippen LogP contribution >= 0.6 is 28.1 Å². The zero-order valence-corrected chi connectivity index (χ0v) is 13.7. The minimum Gasteiger partial charge on any atom is -0.389 e. The fourth-order valence-corrected chi connectivity index (χ4v) is 3.43. The molecule has 0 radical (unpaired) electrons. The third-order valence-corrected chi connectivity index (χ3v) is 4.86. The molecule has 0 aliphatic carbocycles. The van der Waals surface area contributed by atoms with Gasteiger partial charge in [0.2, 0.25) is 0 Å². The molecule has 0 spiro atoms. The Bertz CT molecular complexity index is 810. The van der Waals surface area contributed by atoms with Crippen molar-refractivity contribution < 1.29 is 12.8 Å². The SMILES string of the molecule is NC(=S)c1cccc(S(=O)(=O)Nc2ccc(F)cc2Br)c1. The largest absolute Gasteiger partial charge is 0.389 e. The van der Waals surface area contributed by atoms with E-state index in [0.29, 0.717) is 10.0 Å². The minimum atomic E-state index is -3.82. The smallest absolute Gasteiger partial charge is 0.261 e. The summed E-state index contributed by atoms with van der Waals surface area (Å²) in [6, 6.07) is 9.62. The molecule has 4 nitrogen and oxygen atoms in total. The molecule has 0 aliphatic rings. The van der Waals surface area contributed by atoms with Crippen LogP contribution in [0, 0.1) is 5.82 Å². The molecular formula is C13H10BrFN2O2S2. The van der Waals surface area contributed by atoms with Crippen molar-refractivity contribution in [2.24, 2.45) is 5.73 Å². The molecule has 2 aromatic carbocycles. The molecule has 21 heavy (non-hydrogen) atoms. The van der Waals surface area contributed by atoms with Crippen molar-refractivity contribution in [3.8, 4) is 0 Å². The molecule has 0 atom stereocenters. The van der Waals surface area contributed by atoms with Crippen LogP contribution < -0.4 is 10.5 Å². The highest BCUT2D eigenvalue weighted by atomic mass is 79.9. The summed E-state index contributed by atoms with van der Waals surface area (Å²) in [7, 11) is -3.82. The van der Waals surface area contributed by atoms with Gasteiger partial charge in [-0.25, -0.2) is 12.8 Å². The van der Waals surface area contributed by atoms with Gasteiger partial charge in [-0.3, -0.25) is 4.72 Å². The third-order valence-electron chi connectivity index (χ3n) is 2.60. The lowest BCUT2D eigenvalue weighted by atomic mass is 10.2. The topological polar surface area (TPSA) is 72.2 Å². The summed E-state index contributed by atoms with van der Waals surface area (Å²) in [5.41, 5.74) is 6.17. The first kappa shape index (κ1) is 15.9. The van der Waals surface area contributed by atoms with Crippen molar-refractivity contribution in [2.45, 2.75) is 4.90 Å². The Balaban J connectivity index is 2.38. The first-order chi connectivity index (χ1) is 9.79. The molecule has 3 N–H and O–H groups in total. The lowest BCUT2D eigenvalue weighted by Gasteiger charge is -2.10. The number of hydrogen-bond donors (Lipinski definition) is 2. The second-order valence-corrected chi connectivity index (χ2v) is 7.10. The maximum atomic E-state index is 13.0. The highest BCUT2D eigenvalue weighted by Gasteiger charge is 2.16. The van der Waals surface area contributed by atoms with E-state index in [-0.39, 0.29) is 15.6 Å². The molecule has 8 heteroatoms. The van der Waals surface area contributed by atoms with E-state index in [4.69, 9.17) is 18.0 Å². The van der Waals surface area contributed by atoms with Gasteiger partial charge in [0.15, 0.2) is 0 Å². The van der Waals surface area contributed by atoms with Crippen molar-refractivity contribution in [3.63, 3.8) is 0 Å². The summed E-state index contributed by atoms with van der Waals surface area (Å²) in [6.45, 7) is 0. The van der Waals surface area contributed by atoms with Gasteiger partial charge in [0.25, 0.3) is 10.0 Å². The summed E-state index contributed by atoms with van der Waals surface area (Å²) in [5, 5.41) is 0. The van der Waals surface area contributed by atoms with Crippen molar-refractivity contribution in [1.82, 2.24) is 0 Å². The van der Waals surface area contributed by atoms with E-state index in [1.165, 1.54) is 24.3 Å². The van der Waals surface area contributed by atoms with Crippen LogP contribution in [0.4, 0.5) is 10.1 Å². The number of hydrogen-bond acceptors (Lipinski definition) is 3. The number of rotatable bonds is 4. The molecule has 0 fully saturated rings. The maximum Gasteiger partial charge on any atom is 0.261 e. The van der Waals surface area contributed by atoms with E-state index in [9.17, 15) is 12.8 Å². The first-order valence-corrected chi connectivity index (χ1v) is 8.36. The Hall–Kier alpha value is -1.51. The highest BCUT2D eigenvalue weighted by Crippen LogP contribution is 2.26. The molecule has 0 aromatic heterocycles. The molecule has 2 rings (SSSR count). The van der Waals surface area contributed by atoms with Gasteiger partial charge in [-0.15, -0.1) is 0 Å². The van der Waals surface area contributed by atoms with Crippen molar-refractivity contribution in [3.05, 3.63) is 58.3 Å². The van der Waals surface area contributed by atoms with E-state index in [1.807, 2.05) is 0 Å². The first-order valence-electron chi connectivity index (χ1n) is 5.67. The fraction of sp³-hybridized carbons (Fsp3) is 0. The van der Waals surface area contributed by atoms with E-state index in [1.54, 1.807) is 12.1 Å². The second-order valence-electron chi connectivity index (χ2n) is 4.12. The number of anilines is 1. The number of benzene rings is 2. The van der Waals surface area contributed by atoms with E-state index in [2.05, 4.69) is 20.7 Å². The van der Waals surface area contributed by atoms with Gasteiger partial charge < -0.3 is 5.73 Å². The van der Waals surface area contributed by atoms with Gasteiger partial charge in [0.1, 0.15) is 10.8 Å². The van der Waals surface area contributed by atoms with Crippen LogP contribution in [-0.2, 0) is 10.0 Å². The summed E-state index contributed by atoms with van der Waals surface area (Å²) >= 11 is 7.93. The Morgan fingerprint density at radius 1 is 1.24 bits per heavy atom. The number of sulfonamides is 1. The van der Waals surface area contributed by atoms with Crippen LogP contribution in [0.3, 0.4) is 0 Å². The molecule has 0 aliphatic heterocycles. The molecule has 0 unspecified atom stereocenters. The monoisotopic (exact) mass is 388 g/mol. The maximum absolute atomic E-state index is 13.0. The van der Waals surface area contributed by atoms with Crippen LogP contribution in [0.15, 0.2) is 51.8 Å². The third kappa shape index (κ3) is 3.78. The van der Waals surface area contributed by atoms with Gasteiger partial charge in [-0.1, -0.05) is 24.4 Å². The van der Waals surface area contributed by atoms with E-state index >= 15 is 0 Å². The Kier molecular flexibility index (Phi) is 4.60. The molecule has 110 valence electrons. The van der Waals surface area contributed by atoms with Crippen LogP contribution in [0.2, 0.25) is 0 Å². The normalized spacial score (nSPS) is 11.1. The van der Waals surface area contributed by atoms with E-state index < -0.39 is 15.8 Å². The molecular weight excluding hydrogens is 379 g/mol. The predicted molar refractivity (Wildman–Crippen MR) is 87.2 cm³/mol. The van der Waals surface area contributed by atoms with Gasteiger partial charge in [0.05, 0.1) is 10.6 Å². The van der Waals surface area contributed by atoms with Crippen LogP contribution in [-0.4, -0.2) is 13.4 Å². The molecule has 0 amide bonds. The highest BCUT2D eigenvalue weighted by molar-refractivity contribution is 9.10. The molecule has 0 heterocycles. The van der Waals surface area contributed by atoms with Crippen LogP contribution in [0.1, 0.15) is 5.56 Å². The van der Waals surface area contributed by atoms with Crippen LogP contribution in [0.25, 0.3) is 0 Å². The van der Waals surface area contributed by atoms with Gasteiger partial charge >= 0.3 is 0 Å². The summed E-state index contributed by atoms with van der Waals surface area (Å²) in [4.78, 5) is 0.124. The Morgan fingerprint density at radius 3 is 2.57 bits per heavy atom. The molecule has 0 bridgehead atoms. The summed E-state index contributed by atoms with van der Waals surface area (Å²) in [5.74, 6) is -0.472. The van der Waals surface area contributed by atoms with Crippen molar-refractivity contribution >= 4 is 48.8 Å². The molecule has 0 saturated heterocycles. The van der Waals surface area contributed by atoms with Gasteiger partial charge in [0, 0.05) is 10.0 Å². The van der Waals surface area contributed by atoms with E-state index in [0.717, 1.165) is 6.07 Å². The van der Waals surface area contributed by atoms with Crippen molar-refractivity contribution in [1.29, 1.82) is 0 Å². The van der Waals surface area contributed by atoms with Crippen LogP contribution in [0.5, 0.6) is 0 Å². The Morgan fingerprint density at radius 2 is 1.95 bits per heavy atom. The predicted octanol–water partition coefficient (Wildman–Crippen LogP) is 3.02. The molecule has 2 aromatic rings. The quantitative estimate of drug-likeness (QED) is 0.789. The minimum absolute atomic E-state index is 0.0176. The van der Waals surface area contributed by atoms with Gasteiger partial charge in [-0.2, -0.15) is 0 Å². The lowest BCUT2D eigenvalue weighted by Crippen LogP contribution is -2.15. The second kappa shape index (κ2) is 6.08. The Labute approximate surface area is 135 Å². The standard InChI is InChI=1S/C13H10BrFN2O2S2/c14-11-7-9(15)4-5-12(11)17-21(18,19)10-3-1-2-8(6-10)13(16)20/h1-7,17H,(H2,16,20). The average Bonchev–Trinajstić information content (AvgIpc) is 2.42. The summed E-state index contributed by atoms with van der Waals surface area (Å²) < 4.78 is 40.3. The lowest BCUT2D eigenvalue weighted by molar-refractivity contribution is 0.601. The summed E-state index contributed by atoms with van der Waals surface area (Å²) in [6.07, 6.45) is 0. The van der Waals surface area contributed by atoms with Crippen molar-refractivity contribution in [2.75, 3.05) is 4.72 Å².